The number of hydrogen-bond acceptors (Lipinski definition) is 5. The summed E-state index contributed by atoms with van der Waals surface area (Å²) in [5.41, 5.74) is 0.947. The van der Waals surface area contributed by atoms with E-state index in [1.807, 2.05) is 29.7 Å². The van der Waals surface area contributed by atoms with E-state index in [1.165, 1.54) is 0 Å². The van der Waals surface area contributed by atoms with Gasteiger partial charge in [-0.2, -0.15) is 5.10 Å². The van der Waals surface area contributed by atoms with Crippen molar-refractivity contribution in [2.75, 3.05) is 19.9 Å². The summed E-state index contributed by atoms with van der Waals surface area (Å²) < 4.78 is 14.1. The Bertz CT molecular complexity index is 800. The highest BCUT2D eigenvalue weighted by Crippen LogP contribution is 2.32. The lowest BCUT2D eigenvalue weighted by atomic mass is 9.97. The standard InChI is InChI=1S/C17H22N4O3.2ClH/c1-2-20-16(13-5-7-18-8-6-13)19-21(17(20)22)10-12-3-4-14-15(9-12)24-11-23-14;;/h3-4,9,13,18H,2,5-8,10-11H2,1H3;2*1H. The predicted octanol–water partition coefficient (Wildman–Crippen LogP) is 2.15. The molecule has 2 aliphatic rings. The highest BCUT2D eigenvalue weighted by Gasteiger charge is 2.23. The summed E-state index contributed by atoms with van der Waals surface area (Å²) >= 11 is 0. The van der Waals surface area contributed by atoms with Crippen molar-refractivity contribution in [1.82, 2.24) is 19.7 Å². The lowest BCUT2D eigenvalue weighted by molar-refractivity contribution is 0.174. The molecule has 1 saturated heterocycles. The van der Waals surface area contributed by atoms with Crippen LogP contribution in [0.1, 0.15) is 37.1 Å². The van der Waals surface area contributed by atoms with E-state index < -0.39 is 0 Å². The van der Waals surface area contributed by atoms with Crippen molar-refractivity contribution < 1.29 is 9.47 Å². The Balaban J connectivity index is 0.00000121. The monoisotopic (exact) mass is 402 g/mol. The van der Waals surface area contributed by atoms with Crippen molar-refractivity contribution in [3.63, 3.8) is 0 Å². The zero-order valence-corrected chi connectivity index (χ0v) is 16.3. The summed E-state index contributed by atoms with van der Waals surface area (Å²) in [6.07, 6.45) is 2.06. The van der Waals surface area contributed by atoms with E-state index in [1.54, 1.807) is 4.68 Å². The molecule has 7 nitrogen and oxygen atoms in total. The van der Waals surface area contributed by atoms with Gasteiger partial charge in [0.15, 0.2) is 11.5 Å². The predicted molar refractivity (Wildman–Crippen MR) is 103 cm³/mol. The molecule has 1 aromatic heterocycles. The van der Waals surface area contributed by atoms with Gasteiger partial charge in [-0.25, -0.2) is 9.48 Å². The number of halogens is 2. The average Bonchev–Trinajstić information content (AvgIpc) is 3.20. The van der Waals surface area contributed by atoms with Crippen LogP contribution in [-0.2, 0) is 13.1 Å². The van der Waals surface area contributed by atoms with Gasteiger partial charge in [0.25, 0.3) is 0 Å². The molecule has 0 amide bonds. The first-order valence-electron chi connectivity index (χ1n) is 8.53. The van der Waals surface area contributed by atoms with Gasteiger partial charge in [-0.1, -0.05) is 6.07 Å². The third-order valence-electron chi connectivity index (χ3n) is 4.74. The lowest BCUT2D eigenvalue weighted by Crippen LogP contribution is -2.29. The van der Waals surface area contributed by atoms with Gasteiger partial charge in [0.2, 0.25) is 6.79 Å². The molecule has 0 aliphatic carbocycles. The maximum absolute atomic E-state index is 12.7. The first-order chi connectivity index (χ1) is 11.8. The van der Waals surface area contributed by atoms with Crippen molar-refractivity contribution >= 4 is 24.8 Å². The Labute approximate surface area is 164 Å². The van der Waals surface area contributed by atoms with Crippen LogP contribution in [0.5, 0.6) is 11.5 Å². The zero-order chi connectivity index (χ0) is 16.5. The molecule has 0 unspecified atom stereocenters. The van der Waals surface area contributed by atoms with Gasteiger partial charge in [-0.3, -0.25) is 4.57 Å². The molecule has 1 aromatic carbocycles. The summed E-state index contributed by atoms with van der Waals surface area (Å²) in [6.45, 7) is 5.32. The number of hydrogen-bond donors (Lipinski definition) is 1. The van der Waals surface area contributed by atoms with Crippen LogP contribution < -0.4 is 20.5 Å². The number of aromatic nitrogens is 3. The van der Waals surface area contributed by atoms with Crippen LogP contribution in [0.2, 0.25) is 0 Å². The van der Waals surface area contributed by atoms with Gasteiger partial charge < -0.3 is 14.8 Å². The van der Waals surface area contributed by atoms with Crippen LogP contribution in [-0.4, -0.2) is 34.2 Å². The van der Waals surface area contributed by atoms with E-state index in [0.717, 1.165) is 48.8 Å². The number of piperidine rings is 1. The van der Waals surface area contributed by atoms with Crippen LogP contribution in [0.25, 0.3) is 0 Å². The minimum absolute atomic E-state index is 0. The van der Waals surface area contributed by atoms with Crippen LogP contribution in [0.3, 0.4) is 0 Å². The number of rotatable bonds is 4. The molecule has 2 aliphatic heterocycles. The topological polar surface area (TPSA) is 70.3 Å². The van der Waals surface area contributed by atoms with E-state index in [9.17, 15) is 4.79 Å². The quantitative estimate of drug-likeness (QED) is 0.847. The molecule has 0 radical (unpaired) electrons. The molecule has 144 valence electrons. The van der Waals surface area contributed by atoms with Crippen LogP contribution >= 0.6 is 24.8 Å². The van der Waals surface area contributed by atoms with E-state index in [0.29, 0.717) is 19.0 Å². The number of fused-ring (bicyclic) bond motifs is 1. The van der Waals surface area contributed by atoms with E-state index in [-0.39, 0.29) is 37.3 Å². The number of ether oxygens (including phenoxy) is 2. The minimum atomic E-state index is -0.0382. The van der Waals surface area contributed by atoms with Gasteiger partial charge in [-0.05, 0) is 50.6 Å². The second kappa shape index (κ2) is 8.79. The normalized spacial score (nSPS) is 16.0. The molecule has 0 saturated carbocycles. The number of benzene rings is 1. The van der Waals surface area contributed by atoms with Gasteiger partial charge in [-0.15, -0.1) is 24.8 Å². The minimum Gasteiger partial charge on any atom is -0.454 e. The second-order valence-corrected chi connectivity index (χ2v) is 6.25. The SMILES string of the molecule is CCn1c(C2CCNCC2)nn(Cc2ccc3c(c2)OCO3)c1=O.Cl.Cl. The van der Waals surface area contributed by atoms with E-state index in [2.05, 4.69) is 10.4 Å². The summed E-state index contributed by atoms with van der Waals surface area (Å²) in [5.74, 6) is 2.76. The highest BCUT2D eigenvalue weighted by atomic mass is 35.5. The Morgan fingerprint density at radius 2 is 1.92 bits per heavy atom. The Hall–Kier alpha value is -1.70. The smallest absolute Gasteiger partial charge is 0.346 e. The van der Waals surface area contributed by atoms with Crippen LogP contribution in [0, 0.1) is 0 Å². The first-order valence-corrected chi connectivity index (χ1v) is 8.53. The molecule has 3 heterocycles. The molecule has 9 heteroatoms. The van der Waals surface area contributed by atoms with E-state index >= 15 is 0 Å². The summed E-state index contributed by atoms with van der Waals surface area (Å²) in [5, 5.41) is 8.02. The number of nitrogens with one attached hydrogen (secondary N) is 1. The average molecular weight is 403 g/mol. The molecular weight excluding hydrogens is 379 g/mol. The first kappa shape index (κ1) is 20.6. The van der Waals surface area contributed by atoms with Gasteiger partial charge in [0, 0.05) is 12.5 Å². The van der Waals surface area contributed by atoms with Crippen LogP contribution in [0.4, 0.5) is 0 Å². The fourth-order valence-electron chi connectivity index (χ4n) is 3.45. The molecule has 0 atom stereocenters. The highest BCUT2D eigenvalue weighted by molar-refractivity contribution is 5.85. The van der Waals surface area contributed by atoms with Gasteiger partial charge >= 0.3 is 5.69 Å². The molecule has 0 bridgehead atoms. The fourth-order valence-corrected chi connectivity index (χ4v) is 3.45. The van der Waals surface area contributed by atoms with Crippen molar-refractivity contribution in [3.05, 3.63) is 40.1 Å². The van der Waals surface area contributed by atoms with Crippen LogP contribution in [0.15, 0.2) is 23.0 Å². The maximum Gasteiger partial charge on any atom is 0.346 e. The largest absolute Gasteiger partial charge is 0.454 e. The molecule has 1 N–H and O–H groups in total. The molecule has 2 aromatic rings. The van der Waals surface area contributed by atoms with Crippen molar-refractivity contribution in [1.29, 1.82) is 0 Å². The third kappa shape index (κ3) is 3.84. The Morgan fingerprint density at radius 3 is 2.65 bits per heavy atom. The second-order valence-electron chi connectivity index (χ2n) is 6.25. The van der Waals surface area contributed by atoms with Gasteiger partial charge in [0.1, 0.15) is 5.82 Å². The lowest BCUT2D eigenvalue weighted by Gasteiger charge is -2.21. The summed E-state index contributed by atoms with van der Waals surface area (Å²) in [6, 6.07) is 5.76. The zero-order valence-electron chi connectivity index (χ0n) is 14.6. The van der Waals surface area contributed by atoms with E-state index in [4.69, 9.17) is 9.47 Å². The number of nitrogens with zero attached hydrogens (tertiary/aromatic N) is 3. The van der Waals surface area contributed by atoms with Crippen molar-refractivity contribution in [3.8, 4) is 11.5 Å². The molecule has 1 fully saturated rings. The summed E-state index contributed by atoms with van der Waals surface area (Å²) in [4.78, 5) is 12.7. The Kier molecular flexibility index (Phi) is 6.97. The molecule has 0 spiro atoms. The summed E-state index contributed by atoms with van der Waals surface area (Å²) in [7, 11) is 0. The molecule has 4 rings (SSSR count). The Morgan fingerprint density at radius 1 is 1.19 bits per heavy atom. The molecule has 26 heavy (non-hydrogen) atoms. The maximum atomic E-state index is 12.7. The fraction of sp³-hybridized carbons (Fsp3) is 0.529. The van der Waals surface area contributed by atoms with Gasteiger partial charge in [0.05, 0.1) is 6.54 Å². The van der Waals surface area contributed by atoms with Crippen molar-refractivity contribution in [2.24, 2.45) is 0 Å². The third-order valence-corrected chi connectivity index (χ3v) is 4.74. The van der Waals surface area contributed by atoms with Crippen molar-refractivity contribution in [2.45, 2.75) is 38.8 Å². The molecular formula is C17H24Cl2N4O3.